The van der Waals surface area contributed by atoms with Gasteiger partial charge in [-0.15, -0.1) is 0 Å². The minimum absolute atomic E-state index is 0.227. The molecule has 2 aromatic rings. The monoisotopic (exact) mass is 324 g/mol. The van der Waals surface area contributed by atoms with E-state index >= 15 is 0 Å². The molecule has 1 aliphatic rings. The van der Waals surface area contributed by atoms with Gasteiger partial charge in [0.1, 0.15) is 11.5 Å². The van der Waals surface area contributed by atoms with Crippen molar-refractivity contribution in [3.63, 3.8) is 0 Å². The zero-order valence-electron chi connectivity index (χ0n) is 14.5. The van der Waals surface area contributed by atoms with Crippen LogP contribution in [0.3, 0.4) is 0 Å². The van der Waals surface area contributed by atoms with Gasteiger partial charge in [0.2, 0.25) is 0 Å². The lowest BCUT2D eigenvalue weighted by Gasteiger charge is -2.31. The van der Waals surface area contributed by atoms with Crippen LogP contribution in [0.1, 0.15) is 41.4 Å². The van der Waals surface area contributed by atoms with E-state index in [9.17, 15) is 4.79 Å². The second-order valence-corrected chi connectivity index (χ2v) is 6.73. The molecule has 24 heavy (non-hydrogen) atoms. The highest BCUT2D eigenvalue weighted by Gasteiger charge is 2.18. The number of aryl methyl sites for hydroxylation is 2. The molecule has 1 amide bonds. The van der Waals surface area contributed by atoms with Crippen LogP contribution in [0.25, 0.3) is 0 Å². The van der Waals surface area contributed by atoms with Crippen molar-refractivity contribution in [2.45, 2.75) is 33.6 Å². The van der Waals surface area contributed by atoms with Gasteiger partial charge < -0.3 is 10.2 Å². The fourth-order valence-electron chi connectivity index (χ4n) is 3.06. The molecule has 1 aromatic heterocycles. The number of anilines is 2. The Morgan fingerprint density at radius 3 is 2.79 bits per heavy atom. The Morgan fingerprint density at radius 1 is 1.25 bits per heavy atom. The summed E-state index contributed by atoms with van der Waals surface area (Å²) in [5, 5.41) is 2.92. The lowest BCUT2D eigenvalue weighted by molar-refractivity contribution is 0.102. The molecule has 3 rings (SSSR count). The summed E-state index contributed by atoms with van der Waals surface area (Å²) in [6, 6.07) is 5.99. The van der Waals surface area contributed by atoms with Crippen LogP contribution >= 0.6 is 0 Å². The van der Waals surface area contributed by atoms with Crippen molar-refractivity contribution < 1.29 is 4.79 Å². The first-order valence-corrected chi connectivity index (χ1v) is 8.48. The smallest absolute Gasteiger partial charge is 0.275 e. The Bertz CT molecular complexity index is 727. The van der Waals surface area contributed by atoms with Crippen molar-refractivity contribution in [2.75, 3.05) is 23.3 Å². The summed E-state index contributed by atoms with van der Waals surface area (Å²) in [5.74, 6) is 1.30. The average molecular weight is 324 g/mol. The first kappa shape index (κ1) is 16.4. The molecule has 2 heterocycles. The van der Waals surface area contributed by atoms with Crippen molar-refractivity contribution in [3.05, 3.63) is 47.4 Å². The molecule has 0 radical (unpaired) electrons. The van der Waals surface area contributed by atoms with E-state index in [1.807, 2.05) is 32.0 Å². The van der Waals surface area contributed by atoms with Gasteiger partial charge in [0.25, 0.3) is 5.91 Å². The number of carbonyl (C=O) groups is 1. The predicted molar refractivity (Wildman–Crippen MR) is 96.5 cm³/mol. The molecule has 126 valence electrons. The predicted octanol–water partition coefficient (Wildman–Crippen LogP) is 3.58. The van der Waals surface area contributed by atoms with Gasteiger partial charge in [-0.05, 0) is 49.8 Å². The first-order chi connectivity index (χ1) is 11.5. The van der Waals surface area contributed by atoms with Crippen LogP contribution in [-0.2, 0) is 0 Å². The lowest BCUT2D eigenvalue weighted by atomic mass is 10.0. The number of aromatic nitrogens is 2. The topological polar surface area (TPSA) is 58.1 Å². The van der Waals surface area contributed by atoms with Crippen LogP contribution in [0.15, 0.2) is 30.6 Å². The van der Waals surface area contributed by atoms with E-state index in [1.54, 1.807) is 12.4 Å². The number of nitrogens with zero attached hydrogens (tertiary/aromatic N) is 3. The van der Waals surface area contributed by atoms with Crippen LogP contribution in [0, 0.1) is 19.8 Å². The molecular weight excluding hydrogens is 300 g/mol. The number of nitrogens with one attached hydrogen (secondary N) is 1. The molecule has 1 unspecified atom stereocenters. The molecule has 1 N–H and O–H groups in total. The SMILES string of the molecule is Cc1ccc(C)c(NC(=O)c2cnc(N3CCCC(C)C3)cn2)c1. The molecular formula is C19H24N4O. The Labute approximate surface area is 143 Å². The summed E-state index contributed by atoms with van der Waals surface area (Å²) < 4.78 is 0. The third kappa shape index (κ3) is 3.72. The second-order valence-electron chi connectivity index (χ2n) is 6.73. The van der Waals surface area contributed by atoms with Gasteiger partial charge in [-0.25, -0.2) is 9.97 Å². The molecule has 0 saturated carbocycles. The summed E-state index contributed by atoms with van der Waals surface area (Å²) in [7, 11) is 0. The highest BCUT2D eigenvalue weighted by Crippen LogP contribution is 2.21. The maximum Gasteiger partial charge on any atom is 0.275 e. The Balaban J connectivity index is 1.70. The van der Waals surface area contributed by atoms with Crippen molar-refractivity contribution in [2.24, 2.45) is 5.92 Å². The molecule has 5 heteroatoms. The summed E-state index contributed by atoms with van der Waals surface area (Å²) in [5.41, 5.74) is 3.29. The highest BCUT2D eigenvalue weighted by molar-refractivity contribution is 6.03. The lowest BCUT2D eigenvalue weighted by Crippen LogP contribution is -2.35. The van der Waals surface area contributed by atoms with Crippen LogP contribution < -0.4 is 10.2 Å². The van der Waals surface area contributed by atoms with Gasteiger partial charge in [0.05, 0.1) is 12.4 Å². The Kier molecular flexibility index (Phi) is 4.79. The molecule has 1 aliphatic heterocycles. The molecule has 1 atom stereocenters. The zero-order valence-corrected chi connectivity index (χ0v) is 14.5. The van der Waals surface area contributed by atoms with E-state index in [-0.39, 0.29) is 5.91 Å². The summed E-state index contributed by atoms with van der Waals surface area (Å²) in [6.07, 6.45) is 5.71. The fourth-order valence-corrected chi connectivity index (χ4v) is 3.06. The third-order valence-corrected chi connectivity index (χ3v) is 4.49. The van der Waals surface area contributed by atoms with Crippen LogP contribution in [0.5, 0.6) is 0 Å². The summed E-state index contributed by atoms with van der Waals surface area (Å²) in [4.78, 5) is 23.4. The van der Waals surface area contributed by atoms with Gasteiger partial charge in [0, 0.05) is 18.8 Å². The molecule has 0 bridgehead atoms. The minimum Gasteiger partial charge on any atom is -0.355 e. The molecule has 5 nitrogen and oxygen atoms in total. The molecule has 1 saturated heterocycles. The van der Waals surface area contributed by atoms with E-state index in [2.05, 4.69) is 27.1 Å². The normalized spacial score (nSPS) is 17.6. The standard InChI is InChI=1S/C19H24N4O/c1-13-6-7-15(3)16(9-13)22-19(24)17-10-21-18(11-20-17)23-8-4-5-14(2)12-23/h6-7,9-11,14H,4-5,8,12H2,1-3H3,(H,22,24). The van der Waals surface area contributed by atoms with Gasteiger partial charge >= 0.3 is 0 Å². The largest absolute Gasteiger partial charge is 0.355 e. The first-order valence-electron chi connectivity index (χ1n) is 8.48. The van der Waals surface area contributed by atoms with Crippen LogP contribution in [0.2, 0.25) is 0 Å². The van der Waals surface area contributed by atoms with Crippen LogP contribution in [-0.4, -0.2) is 29.0 Å². The van der Waals surface area contributed by atoms with E-state index in [0.29, 0.717) is 11.6 Å². The highest BCUT2D eigenvalue weighted by atomic mass is 16.1. The Hall–Kier alpha value is -2.43. The second kappa shape index (κ2) is 6.99. The van der Waals surface area contributed by atoms with Gasteiger partial charge in [-0.3, -0.25) is 4.79 Å². The number of rotatable bonds is 3. The minimum atomic E-state index is -0.227. The van der Waals surface area contributed by atoms with Gasteiger partial charge in [-0.2, -0.15) is 0 Å². The van der Waals surface area contributed by atoms with Crippen molar-refractivity contribution in [1.82, 2.24) is 9.97 Å². The Morgan fingerprint density at radius 2 is 2.08 bits per heavy atom. The summed E-state index contributed by atoms with van der Waals surface area (Å²) in [6.45, 7) is 8.24. The number of amides is 1. The number of hydrogen-bond donors (Lipinski definition) is 1. The number of hydrogen-bond acceptors (Lipinski definition) is 4. The average Bonchev–Trinajstić information content (AvgIpc) is 2.58. The van der Waals surface area contributed by atoms with Crippen molar-refractivity contribution in [1.29, 1.82) is 0 Å². The molecule has 1 fully saturated rings. The fraction of sp³-hybridized carbons (Fsp3) is 0.421. The van der Waals surface area contributed by atoms with Crippen LogP contribution in [0.4, 0.5) is 11.5 Å². The van der Waals surface area contributed by atoms with Crippen molar-refractivity contribution >= 4 is 17.4 Å². The van der Waals surface area contributed by atoms with Crippen molar-refractivity contribution in [3.8, 4) is 0 Å². The van der Waals surface area contributed by atoms with Gasteiger partial charge in [0.15, 0.2) is 0 Å². The van der Waals surface area contributed by atoms with E-state index in [4.69, 9.17) is 0 Å². The maximum atomic E-state index is 12.4. The van der Waals surface area contributed by atoms with Gasteiger partial charge in [-0.1, -0.05) is 19.1 Å². The number of carbonyl (C=O) groups excluding carboxylic acids is 1. The molecule has 0 spiro atoms. The molecule has 0 aliphatic carbocycles. The van der Waals surface area contributed by atoms with E-state index in [1.165, 1.54) is 12.8 Å². The van der Waals surface area contributed by atoms with E-state index < -0.39 is 0 Å². The zero-order chi connectivity index (χ0) is 17.1. The number of piperidine rings is 1. The quantitative estimate of drug-likeness (QED) is 0.937. The number of benzene rings is 1. The third-order valence-electron chi connectivity index (χ3n) is 4.49. The van der Waals surface area contributed by atoms with E-state index in [0.717, 1.165) is 35.7 Å². The maximum absolute atomic E-state index is 12.4. The summed E-state index contributed by atoms with van der Waals surface area (Å²) >= 11 is 0. The molecule has 1 aromatic carbocycles.